The smallest absolute Gasteiger partial charge is 0.326 e. The van der Waals surface area contributed by atoms with Crippen molar-refractivity contribution in [1.82, 2.24) is 10.6 Å². The second-order valence-corrected chi connectivity index (χ2v) is 5.34. The number of halogens is 1. The highest BCUT2D eigenvalue weighted by atomic mass is 19.1. The number of carbonyl (C=O) groups excluding carboxylic acids is 2. The molecule has 2 amide bonds. The molecule has 1 atom stereocenters. The van der Waals surface area contributed by atoms with E-state index < -0.39 is 29.6 Å². The molecule has 2 aromatic rings. The van der Waals surface area contributed by atoms with Crippen molar-refractivity contribution in [3.63, 3.8) is 0 Å². The summed E-state index contributed by atoms with van der Waals surface area (Å²) >= 11 is 0. The van der Waals surface area contributed by atoms with Gasteiger partial charge >= 0.3 is 5.97 Å². The first kappa shape index (κ1) is 18.1. The summed E-state index contributed by atoms with van der Waals surface area (Å²) in [5, 5.41) is 13.9. The zero-order valence-electron chi connectivity index (χ0n) is 13.2. The molecule has 0 aliphatic carbocycles. The van der Waals surface area contributed by atoms with Gasteiger partial charge in [-0.1, -0.05) is 30.3 Å². The molecule has 0 aliphatic rings. The third kappa shape index (κ3) is 5.72. The quantitative estimate of drug-likeness (QED) is 0.707. The van der Waals surface area contributed by atoms with Crippen LogP contribution < -0.4 is 10.6 Å². The molecule has 130 valence electrons. The number of rotatable bonds is 7. The third-order valence-electron chi connectivity index (χ3n) is 3.41. The summed E-state index contributed by atoms with van der Waals surface area (Å²) in [6.07, 6.45) is -0.0640. The highest BCUT2D eigenvalue weighted by molar-refractivity contribution is 5.96. The Morgan fingerprint density at radius 1 is 1.04 bits per heavy atom. The molecule has 3 N–H and O–H groups in total. The summed E-state index contributed by atoms with van der Waals surface area (Å²) in [5.41, 5.74) is 0.839. The number of hydrogen-bond acceptors (Lipinski definition) is 3. The molecule has 2 rings (SSSR count). The molecule has 6 nitrogen and oxygen atoms in total. The Bertz CT molecular complexity index is 765. The molecule has 0 saturated heterocycles. The average molecular weight is 344 g/mol. The molecule has 0 saturated carbocycles. The maximum absolute atomic E-state index is 13.2. The molecule has 0 fully saturated rings. The van der Waals surface area contributed by atoms with Gasteiger partial charge in [0, 0.05) is 12.0 Å². The van der Waals surface area contributed by atoms with Crippen molar-refractivity contribution >= 4 is 17.8 Å². The molecular weight excluding hydrogens is 327 g/mol. The Morgan fingerprint density at radius 3 is 2.40 bits per heavy atom. The molecule has 0 heterocycles. The minimum atomic E-state index is -1.24. The number of hydrogen-bond donors (Lipinski definition) is 3. The molecule has 7 heteroatoms. The van der Waals surface area contributed by atoms with Crippen molar-refractivity contribution in [1.29, 1.82) is 0 Å². The van der Waals surface area contributed by atoms with E-state index >= 15 is 0 Å². The van der Waals surface area contributed by atoms with E-state index in [9.17, 15) is 23.9 Å². The van der Waals surface area contributed by atoms with E-state index in [0.29, 0.717) is 11.1 Å². The van der Waals surface area contributed by atoms with Crippen LogP contribution in [-0.2, 0) is 16.0 Å². The first-order chi connectivity index (χ1) is 12.0. The number of nitrogens with one attached hydrogen (secondary N) is 2. The molecule has 0 bridgehead atoms. The number of benzene rings is 2. The van der Waals surface area contributed by atoms with Crippen LogP contribution in [0.5, 0.6) is 0 Å². The number of carbonyl (C=O) groups is 3. The van der Waals surface area contributed by atoms with Crippen molar-refractivity contribution < 1.29 is 23.9 Å². The highest BCUT2D eigenvalue weighted by Crippen LogP contribution is 2.07. The molecular formula is C18H17FN2O4. The van der Waals surface area contributed by atoms with Gasteiger partial charge < -0.3 is 15.7 Å². The fraction of sp³-hybridized carbons (Fsp3) is 0.167. The average Bonchev–Trinajstić information content (AvgIpc) is 2.60. The van der Waals surface area contributed by atoms with Gasteiger partial charge in [0.25, 0.3) is 5.91 Å². The van der Waals surface area contributed by atoms with Gasteiger partial charge in [0.1, 0.15) is 11.9 Å². The van der Waals surface area contributed by atoms with E-state index in [0.717, 1.165) is 0 Å². The van der Waals surface area contributed by atoms with E-state index in [1.807, 2.05) is 0 Å². The maximum Gasteiger partial charge on any atom is 0.326 e. The van der Waals surface area contributed by atoms with Gasteiger partial charge in [0.05, 0.1) is 6.54 Å². The SMILES string of the molecule is O=C(CNC(=O)c1ccccc1)N[C@@H](Cc1cccc(F)c1)C(=O)O. The topological polar surface area (TPSA) is 95.5 Å². The molecule has 25 heavy (non-hydrogen) atoms. The van der Waals surface area contributed by atoms with Crippen LogP contribution in [0.1, 0.15) is 15.9 Å². The number of aliphatic carboxylic acids is 1. The lowest BCUT2D eigenvalue weighted by Gasteiger charge is -2.15. The van der Waals surface area contributed by atoms with E-state index in [2.05, 4.69) is 10.6 Å². The van der Waals surface area contributed by atoms with Crippen molar-refractivity contribution in [2.24, 2.45) is 0 Å². The first-order valence-electron chi connectivity index (χ1n) is 7.55. The largest absolute Gasteiger partial charge is 0.480 e. The summed E-state index contributed by atoms with van der Waals surface area (Å²) in [6, 6.07) is 12.6. The van der Waals surface area contributed by atoms with Crippen LogP contribution in [0.4, 0.5) is 4.39 Å². The molecule has 0 aromatic heterocycles. The van der Waals surface area contributed by atoms with E-state index in [-0.39, 0.29) is 13.0 Å². The number of amides is 2. The Balaban J connectivity index is 1.89. The van der Waals surface area contributed by atoms with Crippen molar-refractivity contribution in [3.8, 4) is 0 Å². The van der Waals surface area contributed by atoms with Crippen LogP contribution in [0.15, 0.2) is 54.6 Å². The summed E-state index contributed by atoms with van der Waals surface area (Å²) in [6.45, 7) is -0.360. The zero-order valence-corrected chi connectivity index (χ0v) is 13.2. The maximum atomic E-state index is 13.2. The van der Waals surface area contributed by atoms with E-state index in [1.54, 1.807) is 36.4 Å². The number of carboxylic acids is 1. The lowest BCUT2D eigenvalue weighted by Crippen LogP contribution is -2.46. The zero-order chi connectivity index (χ0) is 18.2. The van der Waals surface area contributed by atoms with Gasteiger partial charge in [-0.25, -0.2) is 9.18 Å². The first-order valence-corrected chi connectivity index (χ1v) is 7.55. The van der Waals surface area contributed by atoms with E-state index in [1.165, 1.54) is 18.2 Å². The van der Waals surface area contributed by atoms with Gasteiger partial charge in [-0.2, -0.15) is 0 Å². The van der Waals surface area contributed by atoms with Crippen LogP contribution in [0.2, 0.25) is 0 Å². The minimum Gasteiger partial charge on any atom is -0.480 e. The van der Waals surface area contributed by atoms with Gasteiger partial charge in [-0.3, -0.25) is 9.59 Å². The summed E-state index contributed by atoms with van der Waals surface area (Å²) in [5.74, 6) is -2.81. The van der Waals surface area contributed by atoms with Crippen LogP contribution in [0.3, 0.4) is 0 Å². The number of carboxylic acid groups (broad SMARTS) is 1. The fourth-order valence-electron chi connectivity index (χ4n) is 2.20. The van der Waals surface area contributed by atoms with Gasteiger partial charge in [-0.15, -0.1) is 0 Å². The van der Waals surface area contributed by atoms with E-state index in [4.69, 9.17) is 0 Å². The molecule has 0 radical (unpaired) electrons. The van der Waals surface area contributed by atoms with Crippen LogP contribution in [0.25, 0.3) is 0 Å². The van der Waals surface area contributed by atoms with Gasteiger partial charge in [0.2, 0.25) is 5.91 Å². The van der Waals surface area contributed by atoms with Crippen molar-refractivity contribution in [2.45, 2.75) is 12.5 Å². The summed E-state index contributed by atoms with van der Waals surface area (Å²) < 4.78 is 13.2. The van der Waals surface area contributed by atoms with Crippen LogP contribution in [-0.4, -0.2) is 35.5 Å². The predicted octanol–water partition coefficient (Wildman–Crippen LogP) is 1.37. The second-order valence-electron chi connectivity index (χ2n) is 5.34. The Labute approximate surface area is 143 Å². The van der Waals surface area contributed by atoms with Crippen LogP contribution >= 0.6 is 0 Å². The van der Waals surface area contributed by atoms with Crippen molar-refractivity contribution in [3.05, 3.63) is 71.5 Å². The third-order valence-corrected chi connectivity index (χ3v) is 3.41. The standard InChI is InChI=1S/C18H17FN2O4/c19-14-8-4-5-12(9-14)10-15(18(24)25)21-16(22)11-20-17(23)13-6-2-1-3-7-13/h1-9,15H,10-11H2,(H,20,23)(H,21,22)(H,24,25)/t15-/m0/s1. The molecule has 0 spiro atoms. The molecule has 0 unspecified atom stereocenters. The Kier molecular flexibility index (Phi) is 6.22. The monoisotopic (exact) mass is 344 g/mol. The summed E-state index contributed by atoms with van der Waals surface area (Å²) in [7, 11) is 0. The molecule has 2 aromatic carbocycles. The molecule has 0 aliphatic heterocycles. The predicted molar refractivity (Wildman–Crippen MR) is 88.4 cm³/mol. The lowest BCUT2D eigenvalue weighted by molar-refractivity contribution is -0.141. The Hall–Kier alpha value is -3.22. The normalized spacial score (nSPS) is 11.4. The van der Waals surface area contributed by atoms with Crippen molar-refractivity contribution in [2.75, 3.05) is 6.54 Å². The van der Waals surface area contributed by atoms with Crippen LogP contribution in [0, 0.1) is 5.82 Å². The lowest BCUT2D eigenvalue weighted by atomic mass is 10.1. The summed E-state index contributed by atoms with van der Waals surface area (Å²) in [4.78, 5) is 35.0. The Morgan fingerprint density at radius 2 is 1.76 bits per heavy atom. The highest BCUT2D eigenvalue weighted by Gasteiger charge is 2.21. The van der Waals surface area contributed by atoms with Gasteiger partial charge in [-0.05, 0) is 29.8 Å². The minimum absolute atomic E-state index is 0.0640. The fourth-order valence-corrected chi connectivity index (χ4v) is 2.20. The second kappa shape index (κ2) is 8.58. The van der Waals surface area contributed by atoms with Gasteiger partial charge in [0.15, 0.2) is 0 Å².